The van der Waals surface area contributed by atoms with Crippen molar-refractivity contribution in [2.75, 3.05) is 7.11 Å². The van der Waals surface area contributed by atoms with Crippen LogP contribution in [0.4, 0.5) is 0 Å². The SMILES string of the molecule is C=CC.COC(C)C.Cc1ccc2ccn(C)c2c1. The van der Waals surface area contributed by atoms with Gasteiger partial charge in [0.05, 0.1) is 6.10 Å². The quantitative estimate of drug-likeness (QED) is 0.677. The van der Waals surface area contributed by atoms with Crippen LogP contribution in [0.1, 0.15) is 26.3 Å². The minimum absolute atomic E-state index is 0.384. The van der Waals surface area contributed by atoms with Gasteiger partial charge in [0.2, 0.25) is 0 Å². The van der Waals surface area contributed by atoms with Gasteiger partial charge in [-0.15, -0.1) is 6.58 Å². The van der Waals surface area contributed by atoms with Gasteiger partial charge in [-0.05, 0) is 50.8 Å². The maximum Gasteiger partial charge on any atom is 0.0515 e. The number of hydrogen-bond acceptors (Lipinski definition) is 1. The number of rotatable bonds is 1. The van der Waals surface area contributed by atoms with Crippen molar-refractivity contribution in [1.82, 2.24) is 4.57 Å². The maximum atomic E-state index is 4.75. The van der Waals surface area contributed by atoms with Gasteiger partial charge >= 0.3 is 0 Å². The Morgan fingerprint density at radius 1 is 1.26 bits per heavy atom. The van der Waals surface area contributed by atoms with Crippen LogP contribution in [0.2, 0.25) is 0 Å². The van der Waals surface area contributed by atoms with E-state index in [-0.39, 0.29) is 0 Å². The summed E-state index contributed by atoms with van der Waals surface area (Å²) in [5.41, 5.74) is 2.63. The topological polar surface area (TPSA) is 14.2 Å². The van der Waals surface area contributed by atoms with Crippen LogP contribution < -0.4 is 0 Å². The summed E-state index contributed by atoms with van der Waals surface area (Å²) in [5.74, 6) is 0. The van der Waals surface area contributed by atoms with E-state index in [1.807, 2.05) is 20.8 Å². The molecule has 0 spiro atoms. The van der Waals surface area contributed by atoms with E-state index in [0.717, 1.165) is 0 Å². The Bertz CT molecular complexity index is 483. The summed E-state index contributed by atoms with van der Waals surface area (Å²) in [7, 11) is 3.77. The van der Waals surface area contributed by atoms with Crippen molar-refractivity contribution in [3.63, 3.8) is 0 Å². The van der Waals surface area contributed by atoms with Crippen LogP contribution in [0, 0.1) is 6.92 Å². The van der Waals surface area contributed by atoms with Crippen molar-refractivity contribution in [2.45, 2.75) is 33.8 Å². The molecular weight excluding hydrogens is 234 g/mol. The molecule has 1 aromatic heterocycles. The number of aryl methyl sites for hydroxylation is 2. The summed E-state index contributed by atoms with van der Waals surface area (Å²) >= 11 is 0. The average Bonchev–Trinajstić information content (AvgIpc) is 2.73. The minimum atomic E-state index is 0.384. The molecule has 0 amide bonds. The van der Waals surface area contributed by atoms with Crippen LogP contribution in [-0.2, 0) is 11.8 Å². The molecule has 0 atom stereocenters. The second-order valence-electron chi connectivity index (χ2n) is 4.68. The highest BCUT2D eigenvalue weighted by atomic mass is 16.5. The van der Waals surface area contributed by atoms with Gasteiger partial charge in [-0.3, -0.25) is 0 Å². The van der Waals surface area contributed by atoms with Crippen LogP contribution >= 0.6 is 0 Å². The normalized spacial score (nSPS) is 9.42. The van der Waals surface area contributed by atoms with Crippen molar-refractivity contribution >= 4 is 10.9 Å². The lowest BCUT2D eigenvalue weighted by Crippen LogP contribution is -1.94. The summed E-state index contributed by atoms with van der Waals surface area (Å²) < 4.78 is 6.89. The average molecular weight is 261 g/mol. The largest absolute Gasteiger partial charge is 0.382 e. The predicted octanol–water partition coefficient (Wildman–Crippen LogP) is 4.72. The van der Waals surface area contributed by atoms with Crippen molar-refractivity contribution in [3.8, 4) is 0 Å². The summed E-state index contributed by atoms with van der Waals surface area (Å²) in [6.45, 7) is 11.4. The summed E-state index contributed by atoms with van der Waals surface area (Å²) in [4.78, 5) is 0. The fraction of sp³-hybridized carbons (Fsp3) is 0.412. The standard InChI is InChI=1S/C10H11N.C4H10O.C3H6/c1-8-3-4-9-5-6-11(2)10(9)7-8;1-4(2)5-3;1-3-2/h3-7H,1-2H3;4H,1-3H3;3H,1H2,2H3. The van der Waals surface area contributed by atoms with Gasteiger partial charge in [0, 0.05) is 25.9 Å². The Hall–Kier alpha value is -1.54. The molecule has 0 aliphatic carbocycles. The molecule has 2 aromatic rings. The van der Waals surface area contributed by atoms with Gasteiger partial charge in [0.1, 0.15) is 0 Å². The first-order valence-corrected chi connectivity index (χ1v) is 6.57. The number of nitrogens with zero attached hydrogens (tertiary/aromatic N) is 1. The Kier molecular flexibility index (Phi) is 8.64. The van der Waals surface area contributed by atoms with E-state index in [1.54, 1.807) is 13.2 Å². The number of hydrogen-bond donors (Lipinski definition) is 0. The maximum absolute atomic E-state index is 4.75. The number of ether oxygens (including phenoxy) is 1. The van der Waals surface area contributed by atoms with E-state index in [2.05, 4.69) is 55.6 Å². The highest BCUT2D eigenvalue weighted by molar-refractivity contribution is 5.80. The molecule has 0 saturated carbocycles. The fourth-order valence-corrected chi connectivity index (χ4v) is 1.37. The van der Waals surface area contributed by atoms with Crippen molar-refractivity contribution in [2.24, 2.45) is 7.05 Å². The second-order valence-corrected chi connectivity index (χ2v) is 4.68. The Balaban J connectivity index is 0.000000344. The number of allylic oxidation sites excluding steroid dienone is 1. The molecule has 0 aliphatic rings. The molecule has 19 heavy (non-hydrogen) atoms. The third-order valence-electron chi connectivity index (χ3n) is 2.52. The van der Waals surface area contributed by atoms with Crippen LogP contribution in [0.5, 0.6) is 0 Å². The van der Waals surface area contributed by atoms with E-state index in [0.29, 0.717) is 6.10 Å². The van der Waals surface area contributed by atoms with Gasteiger partial charge in [-0.1, -0.05) is 18.2 Å². The fourth-order valence-electron chi connectivity index (χ4n) is 1.37. The molecule has 1 aromatic carbocycles. The molecule has 0 radical (unpaired) electrons. The van der Waals surface area contributed by atoms with E-state index < -0.39 is 0 Å². The monoisotopic (exact) mass is 261 g/mol. The smallest absolute Gasteiger partial charge is 0.0515 e. The summed E-state index contributed by atoms with van der Waals surface area (Å²) in [6.07, 6.45) is 4.22. The van der Waals surface area contributed by atoms with Crippen molar-refractivity contribution in [3.05, 3.63) is 48.7 Å². The lowest BCUT2D eigenvalue weighted by atomic mass is 10.2. The zero-order valence-corrected chi connectivity index (χ0v) is 13.1. The zero-order chi connectivity index (χ0) is 14.8. The molecule has 106 valence electrons. The third kappa shape index (κ3) is 6.82. The molecule has 2 rings (SSSR count). The molecular formula is C17H27NO. The highest BCUT2D eigenvalue weighted by Crippen LogP contribution is 2.15. The molecule has 1 heterocycles. The van der Waals surface area contributed by atoms with E-state index in [9.17, 15) is 0 Å². The van der Waals surface area contributed by atoms with E-state index in [1.165, 1.54) is 16.5 Å². The second kappa shape index (κ2) is 9.40. The van der Waals surface area contributed by atoms with Gasteiger partial charge in [0.15, 0.2) is 0 Å². The number of methoxy groups -OCH3 is 1. The molecule has 0 saturated heterocycles. The summed E-state index contributed by atoms with van der Waals surface area (Å²) in [5, 5.41) is 1.32. The first-order chi connectivity index (χ1) is 8.96. The molecule has 0 aliphatic heterocycles. The first kappa shape index (κ1) is 17.5. The third-order valence-corrected chi connectivity index (χ3v) is 2.52. The number of fused-ring (bicyclic) bond motifs is 1. The van der Waals surface area contributed by atoms with Crippen LogP contribution in [0.3, 0.4) is 0 Å². The van der Waals surface area contributed by atoms with E-state index >= 15 is 0 Å². The number of aromatic nitrogens is 1. The molecule has 0 N–H and O–H groups in total. The first-order valence-electron chi connectivity index (χ1n) is 6.57. The van der Waals surface area contributed by atoms with Gasteiger partial charge in [0.25, 0.3) is 0 Å². The molecule has 2 heteroatoms. The molecule has 0 fully saturated rings. The molecule has 0 unspecified atom stereocenters. The highest BCUT2D eigenvalue weighted by Gasteiger charge is 1.95. The summed E-state index contributed by atoms with van der Waals surface area (Å²) in [6, 6.07) is 8.64. The Morgan fingerprint density at radius 2 is 1.79 bits per heavy atom. The Labute approximate surface area is 117 Å². The van der Waals surface area contributed by atoms with E-state index in [4.69, 9.17) is 4.74 Å². The molecule has 2 nitrogen and oxygen atoms in total. The lowest BCUT2D eigenvalue weighted by Gasteiger charge is -1.96. The van der Waals surface area contributed by atoms with Crippen LogP contribution in [-0.4, -0.2) is 17.8 Å². The van der Waals surface area contributed by atoms with Crippen molar-refractivity contribution in [1.29, 1.82) is 0 Å². The molecule has 0 bridgehead atoms. The number of benzene rings is 1. The predicted molar refractivity (Wildman–Crippen MR) is 85.7 cm³/mol. The lowest BCUT2D eigenvalue weighted by molar-refractivity contribution is 0.134. The van der Waals surface area contributed by atoms with Gasteiger partial charge in [-0.25, -0.2) is 0 Å². The Morgan fingerprint density at radius 3 is 2.26 bits per heavy atom. The van der Waals surface area contributed by atoms with Gasteiger partial charge in [-0.2, -0.15) is 0 Å². The van der Waals surface area contributed by atoms with Gasteiger partial charge < -0.3 is 9.30 Å². The van der Waals surface area contributed by atoms with Crippen LogP contribution in [0.25, 0.3) is 10.9 Å². The zero-order valence-electron chi connectivity index (χ0n) is 13.1. The minimum Gasteiger partial charge on any atom is -0.382 e. The van der Waals surface area contributed by atoms with Crippen LogP contribution in [0.15, 0.2) is 43.1 Å². The van der Waals surface area contributed by atoms with Crippen molar-refractivity contribution < 1.29 is 4.74 Å².